The summed E-state index contributed by atoms with van der Waals surface area (Å²) in [6, 6.07) is 12.5. The first-order valence-corrected chi connectivity index (χ1v) is 8.30. The van der Waals surface area contributed by atoms with E-state index in [2.05, 4.69) is 10.6 Å². The normalized spacial score (nSPS) is 11.5. The molecule has 0 aliphatic carbocycles. The van der Waals surface area contributed by atoms with Crippen molar-refractivity contribution in [2.75, 3.05) is 5.32 Å². The third-order valence-electron chi connectivity index (χ3n) is 3.55. The fourth-order valence-electron chi connectivity index (χ4n) is 2.23. The van der Waals surface area contributed by atoms with Gasteiger partial charge in [0.2, 0.25) is 5.91 Å². The highest BCUT2D eigenvalue weighted by Gasteiger charge is 2.15. The lowest BCUT2D eigenvalue weighted by molar-refractivity contribution is -0.127. The molecule has 0 aliphatic heterocycles. The molecule has 0 saturated heterocycles. The van der Waals surface area contributed by atoms with Gasteiger partial charge in [0, 0.05) is 24.2 Å². The van der Waals surface area contributed by atoms with Crippen molar-refractivity contribution >= 4 is 29.1 Å². The summed E-state index contributed by atoms with van der Waals surface area (Å²) in [5.41, 5.74) is 2.52. The van der Waals surface area contributed by atoms with Crippen LogP contribution in [0.2, 0.25) is 5.02 Å². The van der Waals surface area contributed by atoms with Crippen molar-refractivity contribution in [1.82, 2.24) is 5.32 Å². The van der Waals surface area contributed by atoms with E-state index in [1.54, 1.807) is 37.3 Å². The summed E-state index contributed by atoms with van der Waals surface area (Å²) in [7, 11) is 0. The van der Waals surface area contributed by atoms with Gasteiger partial charge >= 0.3 is 0 Å². The molecule has 5 nitrogen and oxygen atoms in total. The standard InChI is InChI=1S/C19H21ClN2O3/c1-12-10-16(20)6-9-18(12)25-13(2)19(24)21-11-15-4-7-17(8-5-15)22-14(3)23/h4-10,13H,11H2,1-3H3,(H,21,24)(H,22,23)/t13-/m0/s1. The number of carbonyl (C=O) groups is 2. The van der Waals surface area contributed by atoms with E-state index in [4.69, 9.17) is 16.3 Å². The predicted octanol–water partition coefficient (Wildman–Crippen LogP) is 3.69. The number of aryl methyl sites for hydroxylation is 1. The molecule has 0 saturated carbocycles. The van der Waals surface area contributed by atoms with Crippen LogP contribution in [0.1, 0.15) is 25.0 Å². The Morgan fingerprint density at radius 3 is 2.44 bits per heavy atom. The van der Waals surface area contributed by atoms with Crippen LogP contribution in [0.15, 0.2) is 42.5 Å². The smallest absolute Gasteiger partial charge is 0.261 e. The number of anilines is 1. The Morgan fingerprint density at radius 2 is 1.84 bits per heavy atom. The Labute approximate surface area is 152 Å². The molecule has 0 heterocycles. The van der Waals surface area contributed by atoms with Crippen molar-refractivity contribution in [3.8, 4) is 5.75 Å². The molecule has 0 unspecified atom stereocenters. The molecule has 2 N–H and O–H groups in total. The first-order valence-electron chi connectivity index (χ1n) is 7.92. The molecule has 2 rings (SSSR count). The minimum absolute atomic E-state index is 0.121. The number of benzene rings is 2. The highest BCUT2D eigenvalue weighted by atomic mass is 35.5. The average Bonchev–Trinajstić information content (AvgIpc) is 2.56. The van der Waals surface area contributed by atoms with Crippen LogP contribution in [0.4, 0.5) is 5.69 Å². The summed E-state index contributed by atoms with van der Waals surface area (Å²) in [5, 5.41) is 6.16. The van der Waals surface area contributed by atoms with Crippen molar-refractivity contribution in [1.29, 1.82) is 0 Å². The molecular formula is C19H21ClN2O3. The number of hydrogen-bond donors (Lipinski definition) is 2. The van der Waals surface area contributed by atoms with Gasteiger partial charge in [-0.2, -0.15) is 0 Å². The molecule has 0 aromatic heterocycles. The molecular weight excluding hydrogens is 340 g/mol. The number of nitrogens with one attached hydrogen (secondary N) is 2. The number of ether oxygens (including phenoxy) is 1. The molecule has 2 amide bonds. The molecule has 0 bridgehead atoms. The summed E-state index contributed by atoms with van der Waals surface area (Å²) >= 11 is 5.91. The second kappa shape index (κ2) is 8.53. The van der Waals surface area contributed by atoms with Crippen LogP contribution in [-0.2, 0) is 16.1 Å². The number of carbonyl (C=O) groups excluding carboxylic acids is 2. The maximum Gasteiger partial charge on any atom is 0.261 e. The third kappa shape index (κ3) is 5.80. The van der Waals surface area contributed by atoms with Gasteiger partial charge in [-0.15, -0.1) is 0 Å². The highest BCUT2D eigenvalue weighted by molar-refractivity contribution is 6.30. The van der Waals surface area contributed by atoms with Crippen molar-refractivity contribution in [2.45, 2.75) is 33.4 Å². The molecule has 0 spiro atoms. The van der Waals surface area contributed by atoms with Crippen LogP contribution in [0.5, 0.6) is 5.75 Å². The van der Waals surface area contributed by atoms with E-state index in [1.165, 1.54) is 6.92 Å². The first-order chi connectivity index (χ1) is 11.8. The number of rotatable bonds is 6. The molecule has 0 fully saturated rings. The van der Waals surface area contributed by atoms with Gasteiger partial charge in [-0.25, -0.2) is 0 Å². The Bertz CT molecular complexity index is 760. The summed E-state index contributed by atoms with van der Waals surface area (Å²) in [4.78, 5) is 23.2. The molecule has 1 atom stereocenters. The van der Waals surface area contributed by atoms with E-state index in [0.29, 0.717) is 17.3 Å². The van der Waals surface area contributed by atoms with E-state index < -0.39 is 6.10 Å². The molecule has 2 aromatic carbocycles. The average molecular weight is 361 g/mol. The largest absolute Gasteiger partial charge is 0.481 e. The monoisotopic (exact) mass is 360 g/mol. The first kappa shape index (κ1) is 18.8. The zero-order chi connectivity index (χ0) is 18.4. The number of amides is 2. The molecule has 2 aromatic rings. The number of hydrogen-bond acceptors (Lipinski definition) is 3. The quantitative estimate of drug-likeness (QED) is 0.825. The molecule has 0 aliphatic rings. The fourth-order valence-corrected chi connectivity index (χ4v) is 2.46. The van der Waals surface area contributed by atoms with E-state index >= 15 is 0 Å². The van der Waals surface area contributed by atoms with Gasteiger partial charge < -0.3 is 15.4 Å². The lowest BCUT2D eigenvalue weighted by Gasteiger charge is -2.16. The van der Waals surface area contributed by atoms with Crippen molar-refractivity contribution in [2.24, 2.45) is 0 Å². The van der Waals surface area contributed by atoms with Crippen LogP contribution >= 0.6 is 11.6 Å². The van der Waals surface area contributed by atoms with Crippen LogP contribution in [0.3, 0.4) is 0 Å². The van der Waals surface area contributed by atoms with Crippen molar-refractivity contribution in [3.63, 3.8) is 0 Å². The Balaban J connectivity index is 1.87. The van der Waals surface area contributed by atoms with Crippen molar-refractivity contribution < 1.29 is 14.3 Å². The number of halogens is 1. The lowest BCUT2D eigenvalue weighted by Crippen LogP contribution is -2.36. The second-order valence-electron chi connectivity index (χ2n) is 5.77. The van der Waals surface area contributed by atoms with Gasteiger partial charge in [0.05, 0.1) is 0 Å². The van der Waals surface area contributed by atoms with E-state index in [0.717, 1.165) is 16.8 Å². The molecule has 132 valence electrons. The zero-order valence-corrected chi connectivity index (χ0v) is 15.2. The Kier molecular flexibility index (Phi) is 6.42. The van der Waals surface area contributed by atoms with Gasteiger partial charge in [-0.1, -0.05) is 23.7 Å². The van der Waals surface area contributed by atoms with Gasteiger partial charge in [-0.3, -0.25) is 9.59 Å². The fraction of sp³-hybridized carbons (Fsp3) is 0.263. The topological polar surface area (TPSA) is 67.4 Å². The summed E-state index contributed by atoms with van der Waals surface area (Å²) < 4.78 is 5.70. The van der Waals surface area contributed by atoms with Gasteiger partial charge in [0.1, 0.15) is 5.75 Å². The predicted molar refractivity (Wildman–Crippen MR) is 98.9 cm³/mol. The Hall–Kier alpha value is -2.53. The van der Waals surface area contributed by atoms with E-state index in [1.807, 2.05) is 19.1 Å². The van der Waals surface area contributed by atoms with Gasteiger partial charge in [-0.05, 0) is 55.3 Å². The zero-order valence-electron chi connectivity index (χ0n) is 14.4. The van der Waals surface area contributed by atoms with Gasteiger partial charge in [0.25, 0.3) is 5.91 Å². The second-order valence-corrected chi connectivity index (χ2v) is 6.20. The lowest BCUT2D eigenvalue weighted by atomic mass is 10.2. The maximum atomic E-state index is 12.2. The molecule has 25 heavy (non-hydrogen) atoms. The summed E-state index contributed by atoms with van der Waals surface area (Å²) in [5.74, 6) is 0.302. The maximum absolute atomic E-state index is 12.2. The van der Waals surface area contributed by atoms with Crippen LogP contribution < -0.4 is 15.4 Å². The van der Waals surface area contributed by atoms with Crippen LogP contribution in [-0.4, -0.2) is 17.9 Å². The van der Waals surface area contributed by atoms with Crippen molar-refractivity contribution in [3.05, 3.63) is 58.6 Å². The molecule has 6 heteroatoms. The third-order valence-corrected chi connectivity index (χ3v) is 3.79. The SMILES string of the molecule is CC(=O)Nc1ccc(CNC(=O)[C@H](C)Oc2ccc(Cl)cc2C)cc1. The van der Waals surface area contributed by atoms with E-state index in [-0.39, 0.29) is 11.8 Å². The minimum atomic E-state index is -0.626. The summed E-state index contributed by atoms with van der Waals surface area (Å²) in [6.07, 6.45) is -0.626. The van der Waals surface area contributed by atoms with E-state index in [9.17, 15) is 9.59 Å². The van der Waals surface area contributed by atoms with Crippen LogP contribution in [0, 0.1) is 6.92 Å². The minimum Gasteiger partial charge on any atom is -0.481 e. The van der Waals surface area contributed by atoms with Gasteiger partial charge in [0.15, 0.2) is 6.10 Å². The Morgan fingerprint density at radius 1 is 1.16 bits per heavy atom. The molecule has 0 radical (unpaired) electrons. The summed E-state index contributed by atoms with van der Waals surface area (Å²) in [6.45, 7) is 5.41. The highest BCUT2D eigenvalue weighted by Crippen LogP contribution is 2.22. The van der Waals surface area contributed by atoms with Crippen LogP contribution in [0.25, 0.3) is 0 Å².